The van der Waals surface area contributed by atoms with Crippen molar-refractivity contribution in [3.63, 3.8) is 0 Å². The third-order valence-corrected chi connectivity index (χ3v) is 4.40. The molecule has 4 rings (SSSR count). The normalized spacial score (nSPS) is 10.1. The van der Waals surface area contributed by atoms with Crippen LogP contribution in [0.1, 0.15) is 0 Å². The Balaban J connectivity index is 0.00000104. The summed E-state index contributed by atoms with van der Waals surface area (Å²) in [6, 6.07) is 27.5. The van der Waals surface area contributed by atoms with E-state index in [-0.39, 0.29) is 34.0 Å². The van der Waals surface area contributed by atoms with Gasteiger partial charge in [0.1, 0.15) is 0 Å². The van der Waals surface area contributed by atoms with Gasteiger partial charge in [0, 0.05) is 0 Å². The summed E-state index contributed by atoms with van der Waals surface area (Å²) < 4.78 is 5.66. The fraction of sp³-hybridized carbons (Fsp3) is 0. The molecule has 0 N–H and O–H groups in total. The van der Waals surface area contributed by atoms with Crippen LogP contribution in [0.5, 0.6) is 5.75 Å². The van der Waals surface area contributed by atoms with Gasteiger partial charge in [0.15, 0.2) is 0 Å². The Kier molecular flexibility index (Phi) is 6.65. The van der Waals surface area contributed by atoms with Gasteiger partial charge in [0.2, 0.25) is 0 Å². The molecule has 0 aliphatic rings. The number of rotatable bonds is 2. The molecule has 0 heterocycles. The molecule has 0 saturated heterocycles. The predicted molar refractivity (Wildman–Crippen MR) is 87.5 cm³/mol. The second-order valence-corrected chi connectivity index (χ2v) is 5.61. The first kappa shape index (κ1) is 19.2. The summed E-state index contributed by atoms with van der Waals surface area (Å²) >= 11 is 1.73. The van der Waals surface area contributed by atoms with Crippen LogP contribution in [-0.2, 0) is 20.8 Å². The van der Waals surface area contributed by atoms with Crippen molar-refractivity contribution in [1.82, 2.24) is 0 Å². The van der Waals surface area contributed by atoms with Crippen molar-refractivity contribution < 1.29 is 58.1 Å². The van der Waals surface area contributed by atoms with E-state index in [2.05, 4.69) is 78.9 Å². The molecule has 4 heteroatoms. The van der Waals surface area contributed by atoms with Crippen LogP contribution in [0.3, 0.4) is 0 Å². The SMILES string of the molecule is [Br-].[Br-].[Ti+2][O]c1ccc2ccccc2c1-c1cccc2ccccc12. The zero-order chi connectivity index (χ0) is 14.9. The third-order valence-electron chi connectivity index (χ3n) is 4.06. The Bertz CT molecular complexity index is 980. The average Bonchev–Trinajstić information content (AvgIpc) is 2.60. The van der Waals surface area contributed by atoms with Crippen LogP contribution in [0.15, 0.2) is 78.9 Å². The molecule has 0 spiro atoms. The van der Waals surface area contributed by atoms with E-state index < -0.39 is 0 Å². The molecular weight excluding hydrogens is 464 g/mol. The molecule has 0 bridgehead atoms. The summed E-state index contributed by atoms with van der Waals surface area (Å²) in [7, 11) is 0. The molecule has 1 nitrogen and oxygen atoms in total. The van der Waals surface area contributed by atoms with Crippen LogP contribution in [0.2, 0.25) is 0 Å². The fourth-order valence-electron chi connectivity index (χ4n) is 3.06. The average molecular weight is 477 g/mol. The maximum absolute atomic E-state index is 5.66. The van der Waals surface area contributed by atoms with Crippen molar-refractivity contribution >= 4 is 21.5 Å². The van der Waals surface area contributed by atoms with Gasteiger partial charge in [0.05, 0.1) is 0 Å². The van der Waals surface area contributed by atoms with Crippen molar-refractivity contribution in [3.8, 4) is 16.9 Å². The molecule has 0 radical (unpaired) electrons. The molecule has 0 aliphatic carbocycles. The van der Waals surface area contributed by atoms with Crippen molar-refractivity contribution in [3.05, 3.63) is 78.9 Å². The van der Waals surface area contributed by atoms with Crippen molar-refractivity contribution in [2.45, 2.75) is 0 Å². The molecule has 0 saturated carbocycles. The minimum absolute atomic E-state index is 0. The molecule has 0 aliphatic heterocycles. The number of fused-ring (bicyclic) bond motifs is 2. The van der Waals surface area contributed by atoms with E-state index in [1.807, 2.05) is 0 Å². The number of hydrogen-bond donors (Lipinski definition) is 0. The van der Waals surface area contributed by atoms with Crippen LogP contribution < -0.4 is 37.3 Å². The Morgan fingerprint density at radius 3 is 1.88 bits per heavy atom. The first-order valence-corrected chi connectivity index (χ1v) is 7.86. The van der Waals surface area contributed by atoms with E-state index in [0.29, 0.717) is 0 Å². The molecular formula is C20H13Br2OTi. The third kappa shape index (κ3) is 3.31. The van der Waals surface area contributed by atoms with Crippen LogP contribution in [0.4, 0.5) is 0 Å². The first-order chi connectivity index (χ1) is 10.9. The Hall–Kier alpha value is -1.13. The van der Waals surface area contributed by atoms with E-state index in [4.69, 9.17) is 3.32 Å². The molecule has 4 aromatic carbocycles. The van der Waals surface area contributed by atoms with Gasteiger partial charge in [-0.05, 0) is 0 Å². The summed E-state index contributed by atoms with van der Waals surface area (Å²) in [5.41, 5.74) is 2.38. The molecule has 117 valence electrons. The zero-order valence-corrected chi connectivity index (χ0v) is 17.4. The van der Waals surface area contributed by atoms with E-state index in [1.54, 1.807) is 20.8 Å². The Morgan fingerprint density at radius 2 is 1.17 bits per heavy atom. The fourth-order valence-corrected chi connectivity index (χ4v) is 3.32. The zero-order valence-electron chi connectivity index (χ0n) is 12.7. The van der Waals surface area contributed by atoms with Gasteiger partial charge < -0.3 is 34.0 Å². The van der Waals surface area contributed by atoms with Gasteiger partial charge >= 0.3 is 141 Å². The van der Waals surface area contributed by atoms with Gasteiger partial charge in [-0.3, -0.25) is 0 Å². The quantitative estimate of drug-likeness (QED) is 0.355. The van der Waals surface area contributed by atoms with E-state index in [1.165, 1.54) is 27.1 Å². The summed E-state index contributed by atoms with van der Waals surface area (Å²) in [4.78, 5) is 0. The van der Waals surface area contributed by atoms with Gasteiger partial charge in [-0.15, -0.1) is 0 Å². The summed E-state index contributed by atoms with van der Waals surface area (Å²) in [5, 5.41) is 4.94. The maximum atomic E-state index is 5.66. The van der Waals surface area contributed by atoms with Crippen LogP contribution in [0, 0.1) is 0 Å². The van der Waals surface area contributed by atoms with Gasteiger partial charge in [0.25, 0.3) is 0 Å². The van der Waals surface area contributed by atoms with Gasteiger partial charge in [-0.1, -0.05) is 0 Å². The topological polar surface area (TPSA) is 9.23 Å². The van der Waals surface area contributed by atoms with Crippen LogP contribution in [0.25, 0.3) is 32.7 Å². The van der Waals surface area contributed by atoms with Gasteiger partial charge in [-0.2, -0.15) is 0 Å². The molecule has 0 fully saturated rings. The molecule has 4 aromatic rings. The molecule has 0 atom stereocenters. The summed E-state index contributed by atoms with van der Waals surface area (Å²) in [6.07, 6.45) is 0. The second kappa shape index (κ2) is 8.31. The monoisotopic (exact) mass is 475 g/mol. The molecule has 0 unspecified atom stereocenters. The standard InChI is InChI=1S/C20H14O.2BrH.Ti/c21-19-13-12-15-7-2-4-10-17(15)20(19)18-11-5-8-14-6-1-3-9-16(14)18;;;/h1-13,21H;2*1H;/q;;;+3/p-3. The van der Waals surface area contributed by atoms with E-state index in [9.17, 15) is 0 Å². The van der Waals surface area contributed by atoms with E-state index >= 15 is 0 Å². The number of hydrogen-bond acceptors (Lipinski definition) is 1. The molecule has 0 amide bonds. The minimum atomic E-state index is 0. The summed E-state index contributed by atoms with van der Waals surface area (Å²) in [6.45, 7) is 0. The molecule has 24 heavy (non-hydrogen) atoms. The number of benzene rings is 4. The van der Waals surface area contributed by atoms with E-state index in [0.717, 1.165) is 11.3 Å². The summed E-state index contributed by atoms with van der Waals surface area (Å²) in [5.74, 6) is 0.912. The Labute approximate surface area is 174 Å². The van der Waals surface area contributed by atoms with Crippen molar-refractivity contribution in [2.75, 3.05) is 0 Å². The van der Waals surface area contributed by atoms with Crippen molar-refractivity contribution in [1.29, 1.82) is 0 Å². The predicted octanol–water partition coefficient (Wildman–Crippen LogP) is -0.491. The van der Waals surface area contributed by atoms with Crippen LogP contribution >= 0.6 is 0 Å². The number of halogens is 2. The molecule has 0 aromatic heterocycles. The van der Waals surface area contributed by atoms with Crippen molar-refractivity contribution in [2.24, 2.45) is 0 Å². The first-order valence-electron chi connectivity index (χ1n) is 7.22. The second-order valence-electron chi connectivity index (χ2n) is 5.29. The Morgan fingerprint density at radius 1 is 0.583 bits per heavy atom. The van der Waals surface area contributed by atoms with Crippen LogP contribution in [-0.4, -0.2) is 0 Å². The van der Waals surface area contributed by atoms with Gasteiger partial charge in [-0.25, -0.2) is 0 Å².